The number of hydrogen-bond acceptors (Lipinski definition) is 5. The van der Waals surface area contributed by atoms with Gasteiger partial charge in [-0.05, 0) is 54.2 Å². The lowest BCUT2D eigenvalue weighted by Crippen LogP contribution is -2.30. The lowest BCUT2D eigenvalue weighted by Gasteiger charge is -2.23. The van der Waals surface area contributed by atoms with Gasteiger partial charge < -0.3 is 14.8 Å². The van der Waals surface area contributed by atoms with Crippen molar-refractivity contribution in [1.29, 1.82) is 0 Å². The van der Waals surface area contributed by atoms with Gasteiger partial charge in [-0.2, -0.15) is 0 Å². The molecule has 7 heteroatoms. The molecule has 1 N–H and O–H groups in total. The van der Waals surface area contributed by atoms with Gasteiger partial charge >= 0.3 is 5.97 Å². The first-order chi connectivity index (χ1) is 17.5. The maximum absolute atomic E-state index is 12.8. The Morgan fingerprint density at radius 3 is 2.11 bits per heavy atom. The van der Waals surface area contributed by atoms with Gasteiger partial charge in [0.05, 0.1) is 12.5 Å². The van der Waals surface area contributed by atoms with Crippen molar-refractivity contribution < 1.29 is 23.6 Å². The predicted molar refractivity (Wildman–Crippen MR) is 141 cm³/mol. The van der Waals surface area contributed by atoms with Crippen molar-refractivity contribution in [1.82, 2.24) is 0 Å². The van der Waals surface area contributed by atoms with Crippen LogP contribution in [0.15, 0.2) is 84.9 Å². The van der Waals surface area contributed by atoms with Gasteiger partial charge in [0.2, 0.25) is 0 Å². The van der Waals surface area contributed by atoms with Crippen molar-refractivity contribution in [2.45, 2.75) is 39.1 Å². The van der Waals surface area contributed by atoms with Gasteiger partial charge in [0.25, 0.3) is 5.91 Å². The SMILES string of the molecule is CC(C)CC(C(=O)OCc1ccccc1)C(OCCc1ccc(NC(=O)c2ccccc2)cc1)P=O. The highest BCUT2D eigenvalue weighted by Gasteiger charge is 2.32. The molecule has 0 radical (unpaired) electrons. The quantitative estimate of drug-likeness (QED) is 0.211. The average molecular weight is 506 g/mol. The molecule has 2 atom stereocenters. The summed E-state index contributed by atoms with van der Waals surface area (Å²) in [4.78, 5) is 25.1. The van der Waals surface area contributed by atoms with Gasteiger partial charge in [-0.1, -0.05) is 74.5 Å². The molecule has 6 nitrogen and oxygen atoms in total. The van der Waals surface area contributed by atoms with E-state index in [1.54, 1.807) is 12.1 Å². The van der Waals surface area contributed by atoms with Crippen LogP contribution in [0, 0.1) is 11.8 Å². The molecule has 0 fully saturated rings. The molecular formula is C29H32NO5P. The Morgan fingerprint density at radius 1 is 0.861 bits per heavy atom. The van der Waals surface area contributed by atoms with Crippen molar-refractivity contribution in [2.75, 3.05) is 11.9 Å². The van der Waals surface area contributed by atoms with E-state index in [9.17, 15) is 14.2 Å². The number of anilines is 1. The number of amides is 1. The lowest BCUT2D eigenvalue weighted by molar-refractivity contribution is -0.154. The van der Waals surface area contributed by atoms with E-state index < -0.39 is 17.7 Å². The molecule has 188 valence electrons. The van der Waals surface area contributed by atoms with Crippen LogP contribution in [0.25, 0.3) is 0 Å². The van der Waals surface area contributed by atoms with Gasteiger partial charge in [-0.3, -0.25) is 14.2 Å². The van der Waals surface area contributed by atoms with E-state index in [0.717, 1.165) is 11.1 Å². The van der Waals surface area contributed by atoms with Crippen LogP contribution < -0.4 is 5.32 Å². The topological polar surface area (TPSA) is 81.7 Å². The fourth-order valence-electron chi connectivity index (χ4n) is 3.74. The third-order valence-corrected chi connectivity index (χ3v) is 6.34. The highest BCUT2D eigenvalue weighted by Crippen LogP contribution is 2.27. The first kappa shape index (κ1) is 27.3. The molecule has 0 saturated heterocycles. The molecule has 3 aromatic rings. The average Bonchev–Trinajstić information content (AvgIpc) is 2.90. The van der Waals surface area contributed by atoms with Gasteiger partial charge in [0, 0.05) is 11.3 Å². The van der Waals surface area contributed by atoms with Crippen LogP contribution >= 0.6 is 8.46 Å². The second-order valence-corrected chi connectivity index (χ2v) is 9.68. The van der Waals surface area contributed by atoms with Crippen LogP contribution in [0.5, 0.6) is 0 Å². The van der Waals surface area contributed by atoms with Crippen molar-refractivity contribution in [2.24, 2.45) is 11.8 Å². The second-order valence-electron chi connectivity index (χ2n) is 8.96. The minimum Gasteiger partial charge on any atom is -0.461 e. The maximum atomic E-state index is 12.8. The third-order valence-electron chi connectivity index (χ3n) is 5.63. The molecule has 0 aliphatic heterocycles. The summed E-state index contributed by atoms with van der Waals surface area (Å²) in [5.41, 5.74) is 3.19. The minimum absolute atomic E-state index is 0.167. The van der Waals surface area contributed by atoms with Crippen LogP contribution in [0.3, 0.4) is 0 Å². The molecule has 36 heavy (non-hydrogen) atoms. The first-order valence-corrected chi connectivity index (χ1v) is 12.9. The summed E-state index contributed by atoms with van der Waals surface area (Å²) in [5.74, 6) is -1.76. The Morgan fingerprint density at radius 2 is 1.50 bits per heavy atom. The smallest absolute Gasteiger partial charge is 0.312 e. The van der Waals surface area contributed by atoms with Gasteiger partial charge in [0.15, 0.2) is 14.3 Å². The fraction of sp³-hybridized carbons (Fsp3) is 0.310. The first-order valence-electron chi connectivity index (χ1n) is 12.1. The summed E-state index contributed by atoms with van der Waals surface area (Å²) in [7, 11) is -0.244. The van der Waals surface area contributed by atoms with Crippen LogP contribution in [0.1, 0.15) is 41.8 Å². The van der Waals surface area contributed by atoms with Gasteiger partial charge in [-0.15, -0.1) is 0 Å². The van der Waals surface area contributed by atoms with E-state index in [2.05, 4.69) is 5.32 Å². The number of carbonyl (C=O) groups excluding carboxylic acids is 2. The third kappa shape index (κ3) is 8.71. The Bertz CT molecular complexity index is 1100. The van der Waals surface area contributed by atoms with E-state index in [1.807, 2.05) is 86.6 Å². The van der Waals surface area contributed by atoms with Gasteiger partial charge in [-0.25, -0.2) is 0 Å². The summed E-state index contributed by atoms with van der Waals surface area (Å²) in [5, 5.41) is 2.87. The highest BCUT2D eigenvalue weighted by molar-refractivity contribution is 7.24. The number of carbonyl (C=O) groups is 2. The molecular weight excluding hydrogens is 473 g/mol. The molecule has 1 amide bonds. The molecule has 3 aromatic carbocycles. The summed E-state index contributed by atoms with van der Waals surface area (Å²) in [6, 6.07) is 26.0. The molecule has 0 aliphatic rings. The van der Waals surface area contributed by atoms with E-state index in [0.29, 0.717) is 30.7 Å². The zero-order valence-corrected chi connectivity index (χ0v) is 21.5. The van der Waals surface area contributed by atoms with Crippen LogP contribution in [-0.4, -0.2) is 24.3 Å². The predicted octanol–water partition coefficient (Wildman–Crippen LogP) is 6.52. The van der Waals surface area contributed by atoms with Crippen molar-refractivity contribution in [3.63, 3.8) is 0 Å². The van der Waals surface area contributed by atoms with E-state index in [-0.39, 0.29) is 26.9 Å². The Hall–Kier alpha value is -3.34. The molecule has 0 aliphatic carbocycles. The molecule has 0 aromatic heterocycles. The number of esters is 1. The van der Waals surface area contributed by atoms with E-state index >= 15 is 0 Å². The lowest BCUT2D eigenvalue weighted by atomic mass is 9.97. The van der Waals surface area contributed by atoms with E-state index in [1.165, 1.54) is 0 Å². The monoisotopic (exact) mass is 505 g/mol. The molecule has 2 unspecified atom stereocenters. The highest BCUT2D eigenvalue weighted by atomic mass is 31.1. The summed E-state index contributed by atoms with van der Waals surface area (Å²) in [6.45, 7) is 4.49. The summed E-state index contributed by atoms with van der Waals surface area (Å²) >= 11 is 0. The Labute approximate surface area is 214 Å². The number of nitrogens with one attached hydrogen (secondary N) is 1. The van der Waals surface area contributed by atoms with Crippen molar-refractivity contribution in [3.8, 4) is 0 Å². The number of rotatable bonds is 13. The van der Waals surface area contributed by atoms with Crippen molar-refractivity contribution >= 4 is 26.0 Å². The summed E-state index contributed by atoms with van der Waals surface area (Å²) in [6.07, 6.45) is 1.09. The second kappa shape index (κ2) is 14.3. The fourth-order valence-corrected chi connectivity index (χ4v) is 4.29. The zero-order valence-electron chi connectivity index (χ0n) is 20.6. The zero-order chi connectivity index (χ0) is 25.8. The van der Waals surface area contributed by atoms with Crippen LogP contribution in [0.2, 0.25) is 0 Å². The minimum atomic E-state index is -0.778. The number of benzene rings is 3. The standard InChI is InChI=1S/C29H32NO5P/c1-21(2)19-26(28(32)35-20-23-9-5-3-6-10-23)29(36-33)34-18-17-22-13-15-25(16-14-22)30-27(31)24-11-7-4-8-12-24/h3-16,21,26,29H,17-20H2,1-2H3,(H,30,31). The molecule has 0 bridgehead atoms. The molecule has 0 saturated carbocycles. The largest absolute Gasteiger partial charge is 0.461 e. The normalized spacial score (nSPS) is 12.8. The molecule has 0 spiro atoms. The Balaban J connectivity index is 1.52. The maximum Gasteiger partial charge on any atom is 0.312 e. The van der Waals surface area contributed by atoms with Crippen molar-refractivity contribution in [3.05, 3.63) is 102 Å². The summed E-state index contributed by atoms with van der Waals surface area (Å²) < 4.78 is 23.3. The van der Waals surface area contributed by atoms with Crippen LogP contribution in [0.4, 0.5) is 5.69 Å². The number of ether oxygens (including phenoxy) is 2. The molecule has 3 rings (SSSR count). The van der Waals surface area contributed by atoms with Gasteiger partial charge in [0.1, 0.15) is 6.61 Å². The Kier molecular flexibility index (Phi) is 10.8. The molecule has 0 heterocycles. The van der Waals surface area contributed by atoms with Crippen LogP contribution in [-0.2, 0) is 31.9 Å². The number of hydrogen-bond donors (Lipinski definition) is 1. The van der Waals surface area contributed by atoms with E-state index in [4.69, 9.17) is 9.47 Å².